The summed E-state index contributed by atoms with van der Waals surface area (Å²) in [4.78, 5) is 18.1. The molecule has 2 aromatic heterocycles. The van der Waals surface area contributed by atoms with Gasteiger partial charge in [0.15, 0.2) is 0 Å². The number of thiazole rings is 1. The Morgan fingerprint density at radius 1 is 1.43 bits per heavy atom. The number of thiophene rings is 1. The van der Waals surface area contributed by atoms with Gasteiger partial charge >= 0.3 is 5.00 Å². The molecule has 1 fully saturated rings. The summed E-state index contributed by atoms with van der Waals surface area (Å²) in [5, 5.41) is 13.7. The Balaban J connectivity index is 0.00000192. The number of ether oxygens (including phenoxy) is 1. The van der Waals surface area contributed by atoms with Crippen LogP contribution in [0.25, 0.3) is 5.57 Å². The van der Waals surface area contributed by atoms with Gasteiger partial charge < -0.3 is 4.74 Å². The van der Waals surface area contributed by atoms with Crippen LogP contribution in [-0.2, 0) is 11.3 Å². The number of hydrogen-bond acceptors (Lipinski definition) is 7. The van der Waals surface area contributed by atoms with E-state index < -0.39 is 0 Å². The van der Waals surface area contributed by atoms with Gasteiger partial charge in [0.25, 0.3) is 0 Å². The molecule has 0 spiro atoms. The summed E-state index contributed by atoms with van der Waals surface area (Å²) in [5.41, 5.74) is 1.76. The average molecular weight is 374 g/mol. The van der Waals surface area contributed by atoms with Crippen LogP contribution in [0.4, 0.5) is 5.00 Å². The van der Waals surface area contributed by atoms with E-state index in [4.69, 9.17) is 4.74 Å². The maximum Gasteiger partial charge on any atom is 0.324 e. The van der Waals surface area contributed by atoms with Crippen molar-refractivity contribution < 1.29 is 9.66 Å². The minimum Gasteiger partial charge on any atom is -0.379 e. The van der Waals surface area contributed by atoms with Crippen LogP contribution in [0.15, 0.2) is 24.1 Å². The highest BCUT2D eigenvalue weighted by atomic mass is 35.5. The molecule has 1 aliphatic rings. The second kappa shape index (κ2) is 7.98. The fourth-order valence-electron chi connectivity index (χ4n) is 2.20. The van der Waals surface area contributed by atoms with E-state index >= 15 is 0 Å². The predicted octanol–water partition coefficient (Wildman–Crippen LogP) is 3.43. The lowest BCUT2D eigenvalue weighted by Gasteiger charge is -2.25. The Morgan fingerprint density at radius 3 is 2.83 bits per heavy atom. The summed E-state index contributed by atoms with van der Waals surface area (Å²) in [7, 11) is 0. The van der Waals surface area contributed by atoms with Crippen molar-refractivity contribution in [1.82, 2.24) is 9.88 Å². The van der Waals surface area contributed by atoms with Crippen LogP contribution in [0.5, 0.6) is 0 Å². The van der Waals surface area contributed by atoms with Crippen molar-refractivity contribution in [3.63, 3.8) is 0 Å². The number of rotatable bonds is 5. The predicted molar refractivity (Wildman–Crippen MR) is 94.6 cm³/mol. The van der Waals surface area contributed by atoms with Gasteiger partial charge in [0.1, 0.15) is 5.01 Å². The highest BCUT2D eigenvalue weighted by Crippen LogP contribution is 2.33. The van der Waals surface area contributed by atoms with E-state index in [1.165, 1.54) is 17.4 Å². The van der Waals surface area contributed by atoms with Gasteiger partial charge in [-0.3, -0.25) is 15.0 Å². The molecule has 0 aromatic carbocycles. The van der Waals surface area contributed by atoms with E-state index in [0.29, 0.717) is 0 Å². The first-order valence-electron chi connectivity index (χ1n) is 6.82. The Kier molecular flexibility index (Phi) is 6.25. The van der Waals surface area contributed by atoms with Crippen molar-refractivity contribution in [2.75, 3.05) is 26.3 Å². The lowest BCUT2D eigenvalue weighted by Crippen LogP contribution is -2.35. The smallest absolute Gasteiger partial charge is 0.324 e. The van der Waals surface area contributed by atoms with Crippen molar-refractivity contribution in [1.29, 1.82) is 0 Å². The number of nitro groups is 1. The molecule has 0 bridgehead atoms. The van der Waals surface area contributed by atoms with E-state index in [-0.39, 0.29) is 22.3 Å². The molecule has 0 saturated carbocycles. The van der Waals surface area contributed by atoms with E-state index in [9.17, 15) is 10.1 Å². The Hall–Kier alpha value is -1.32. The first-order chi connectivity index (χ1) is 10.6. The third kappa shape index (κ3) is 4.36. The van der Waals surface area contributed by atoms with Gasteiger partial charge in [0.2, 0.25) is 0 Å². The molecule has 0 radical (unpaired) electrons. The summed E-state index contributed by atoms with van der Waals surface area (Å²) in [6.45, 7) is 8.21. The Labute approximate surface area is 148 Å². The van der Waals surface area contributed by atoms with Crippen molar-refractivity contribution in [3.05, 3.63) is 49.8 Å². The normalized spacial score (nSPS) is 15.1. The molecule has 3 heterocycles. The molecule has 0 atom stereocenters. The fraction of sp³-hybridized carbons (Fsp3) is 0.357. The maximum atomic E-state index is 10.8. The molecule has 6 nitrogen and oxygen atoms in total. The van der Waals surface area contributed by atoms with E-state index in [1.54, 1.807) is 6.07 Å². The quantitative estimate of drug-likeness (QED) is 0.593. The molecular weight excluding hydrogens is 358 g/mol. The molecule has 1 saturated heterocycles. The third-order valence-corrected chi connectivity index (χ3v) is 5.42. The van der Waals surface area contributed by atoms with Crippen molar-refractivity contribution >= 4 is 45.7 Å². The zero-order valence-electron chi connectivity index (χ0n) is 12.3. The van der Waals surface area contributed by atoms with E-state index in [1.807, 2.05) is 5.38 Å². The van der Waals surface area contributed by atoms with Crippen LogP contribution in [0.1, 0.15) is 15.6 Å². The third-order valence-electron chi connectivity index (χ3n) is 3.37. The molecule has 124 valence electrons. The van der Waals surface area contributed by atoms with Gasteiger partial charge in [-0.2, -0.15) is 0 Å². The molecular formula is C14H16ClN3O3S2. The standard InChI is InChI=1S/C14H15N3O3S2.ClH/c1-10(12-2-3-13(22-12)17(18)19)14-15-11(9-21-14)8-16-4-6-20-7-5-16;/h2-3,9H,1,4-8H2;1H. The summed E-state index contributed by atoms with van der Waals surface area (Å²) < 4.78 is 5.33. The Bertz CT molecular complexity index is 695. The largest absolute Gasteiger partial charge is 0.379 e. The number of hydrogen-bond donors (Lipinski definition) is 0. The van der Waals surface area contributed by atoms with Crippen molar-refractivity contribution in [2.24, 2.45) is 0 Å². The Morgan fingerprint density at radius 2 is 2.17 bits per heavy atom. The van der Waals surface area contributed by atoms with Crippen LogP contribution >= 0.6 is 35.1 Å². The molecule has 2 aromatic rings. The maximum absolute atomic E-state index is 10.8. The molecule has 0 N–H and O–H groups in total. The summed E-state index contributed by atoms with van der Waals surface area (Å²) in [5.74, 6) is 0. The minimum atomic E-state index is -0.382. The SMILES string of the molecule is C=C(c1ccc([N+](=O)[O-])s1)c1nc(CN2CCOCC2)cs1.Cl. The van der Waals surface area contributed by atoms with Crippen LogP contribution in [0.3, 0.4) is 0 Å². The molecule has 9 heteroatoms. The number of nitrogens with zero attached hydrogens (tertiary/aromatic N) is 3. The van der Waals surface area contributed by atoms with Gasteiger partial charge in [0.05, 0.1) is 23.8 Å². The zero-order chi connectivity index (χ0) is 15.5. The first-order valence-corrected chi connectivity index (χ1v) is 8.51. The molecule has 0 aliphatic carbocycles. The zero-order valence-corrected chi connectivity index (χ0v) is 14.7. The van der Waals surface area contributed by atoms with Gasteiger partial charge in [-0.15, -0.1) is 23.7 Å². The van der Waals surface area contributed by atoms with Gasteiger partial charge in [-0.05, 0) is 6.07 Å². The summed E-state index contributed by atoms with van der Waals surface area (Å²) in [6, 6.07) is 3.24. The van der Waals surface area contributed by atoms with Gasteiger partial charge in [0, 0.05) is 41.5 Å². The first kappa shape index (κ1) is 18.0. The molecule has 0 amide bonds. The molecule has 3 rings (SSSR count). The second-order valence-corrected chi connectivity index (χ2v) is 6.83. The fourth-order valence-corrected chi connectivity index (χ4v) is 3.85. The van der Waals surface area contributed by atoms with Crippen LogP contribution < -0.4 is 0 Å². The number of aromatic nitrogens is 1. The average Bonchev–Trinajstić information content (AvgIpc) is 3.17. The second-order valence-electron chi connectivity index (χ2n) is 4.91. The van der Waals surface area contributed by atoms with Crippen LogP contribution in [0.2, 0.25) is 0 Å². The lowest BCUT2D eigenvalue weighted by molar-refractivity contribution is -0.380. The monoisotopic (exact) mass is 373 g/mol. The lowest BCUT2D eigenvalue weighted by atomic mass is 10.2. The van der Waals surface area contributed by atoms with E-state index in [0.717, 1.165) is 65.3 Å². The van der Waals surface area contributed by atoms with Gasteiger partial charge in [-0.25, -0.2) is 4.98 Å². The van der Waals surface area contributed by atoms with E-state index in [2.05, 4.69) is 16.5 Å². The summed E-state index contributed by atoms with van der Waals surface area (Å²) in [6.07, 6.45) is 0. The molecule has 23 heavy (non-hydrogen) atoms. The van der Waals surface area contributed by atoms with Crippen molar-refractivity contribution in [3.8, 4) is 0 Å². The minimum absolute atomic E-state index is 0. The molecule has 0 unspecified atom stereocenters. The molecule has 1 aliphatic heterocycles. The number of morpholine rings is 1. The van der Waals surface area contributed by atoms with Crippen LogP contribution in [0, 0.1) is 10.1 Å². The number of halogens is 1. The van der Waals surface area contributed by atoms with Crippen LogP contribution in [-0.4, -0.2) is 41.1 Å². The van der Waals surface area contributed by atoms with Crippen molar-refractivity contribution in [2.45, 2.75) is 6.54 Å². The highest BCUT2D eigenvalue weighted by molar-refractivity contribution is 7.17. The topological polar surface area (TPSA) is 68.5 Å². The van der Waals surface area contributed by atoms with Gasteiger partial charge in [-0.1, -0.05) is 17.9 Å². The summed E-state index contributed by atoms with van der Waals surface area (Å²) >= 11 is 2.66. The highest BCUT2D eigenvalue weighted by Gasteiger charge is 2.16.